The Morgan fingerprint density at radius 2 is 1.85 bits per heavy atom. The molecule has 0 aliphatic heterocycles. The molecule has 0 saturated carbocycles. The lowest BCUT2D eigenvalue weighted by Gasteiger charge is -2.13. The fraction of sp³-hybridized carbons (Fsp3) is 0.182. The van der Waals surface area contributed by atoms with Gasteiger partial charge in [-0.1, -0.05) is 25.1 Å². The molecular weight excluding hydrogens is 338 g/mol. The molecule has 27 heavy (non-hydrogen) atoms. The Labute approximate surface area is 159 Å². The average molecular weight is 361 g/mol. The van der Waals surface area contributed by atoms with Crippen molar-refractivity contribution in [3.63, 3.8) is 0 Å². The Bertz CT molecular complexity index is 919. The number of rotatable bonds is 6. The lowest BCUT2D eigenvalue weighted by molar-refractivity contribution is 0.102. The highest BCUT2D eigenvalue weighted by atomic mass is 16.5. The summed E-state index contributed by atoms with van der Waals surface area (Å²) in [4.78, 5) is 16.9. The van der Waals surface area contributed by atoms with Gasteiger partial charge in [-0.25, -0.2) is 4.98 Å². The zero-order valence-corrected chi connectivity index (χ0v) is 15.7. The summed E-state index contributed by atoms with van der Waals surface area (Å²) in [6, 6.07) is 17.1. The Hall–Kier alpha value is -3.34. The number of carbonyl (C=O) groups is 1. The SMILES string of the molecule is CCc1cccc(C)c1NC(=O)c1ccc(Nc2ccc(OC)cc2)nc1. The highest BCUT2D eigenvalue weighted by Gasteiger charge is 2.11. The van der Waals surface area contributed by atoms with Crippen molar-refractivity contribution < 1.29 is 9.53 Å². The van der Waals surface area contributed by atoms with Crippen molar-refractivity contribution in [2.75, 3.05) is 17.7 Å². The van der Waals surface area contributed by atoms with E-state index >= 15 is 0 Å². The third-order valence-electron chi connectivity index (χ3n) is 4.37. The van der Waals surface area contributed by atoms with E-state index in [1.807, 2.05) is 49.4 Å². The number of nitrogens with one attached hydrogen (secondary N) is 2. The first kappa shape index (κ1) is 18.5. The third kappa shape index (κ3) is 4.44. The molecule has 5 heteroatoms. The van der Waals surface area contributed by atoms with Crippen molar-refractivity contribution in [1.29, 1.82) is 0 Å². The zero-order chi connectivity index (χ0) is 19.2. The number of aromatic nitrogens is 1. The number of anilines is 3. The fourth-order valence-corrected chi connectivity index (χ4v) is 2.81. The molecule has 0 unspecified atom stereocenters. The van der Waals surface area contributed by atoms with Crippen LogP contribution in [-0.4, -0.2) is 18.0 Å². The summed E-state index contributed by atoms with van der Waals surface area (Å²) in [5.41, 5.74) is 4.46. The number of amides is 1. The maximum atomic E-state index is 12.6. The van der Waals surface area contributed by atoms with E-state index in [0.717, 1.165) is 34.7 Å². The monoisotopic (exact) mass is 361 g/mol. The second kappa shape index (κ2) is 8.36. The summed E-state index contributed by atoms with van der Waals surface area (Å²) in [6.07, 6.45) is 2.44. The van der Waals surface area contributed by atoms with Gasteiger partial charge in [-0.05, 0) is 60.9 Å². The average Bonchev–Trinajstić information content (AvgIpc) is 2.70. The number of carbonyl (C=O) groups excluding carboxylic acids is 1. The van der Waals surface area contributed by atoms with E-state index in [0.29, 0.717) is 11.4 Å². The van der Waals surface area contributed by atoms with Crippen LogP contribution < -0.4 is 15.4 Å². The van der Waals surface area contributed by atoms with Crippen molar-refractivity contribution in [3.05, 3.63) is 77.5 Å². The molecule has 0 atom stereocenters. The van der Waals surface area contributed by atoms with Gasteiger partial charge >= 0.3 is 0 Å². The number of ether oxygens (including phenoxy) is 1. The maximum Gasteiger partial charge on any atom is 0.257 e. The number of hydrogen-bond donors (Lipinski definition) is 2. The van der Waals surface area contributed by atoms with E-state index in [1.165, 1.54) is 0 Å². The molecule has 0 radical (unpaired) electrons. The van der Waals surface area contributed by atoms with Crippen molar-refractivity contribution in [2.45, 2.75) is 20.3 Å². The molecule has 3 aromatic rings. The highest BCUT2D eigenvalue weighted by molar-refractivity contribution is 6.05. The van der Waals surface area contributed by atoms with Gasteiger partial charge in [0.1, 0.15) is 11.6 Å². The van der Waals surface area contributed by atoms with Crippen molar-refractivity contribution >= 4 is 23.1 Å². The normalized spacial score (nSPS) is 10.3. The van der Waals surface area contributed by atoms with Gasteiger partial charge in [0.25, 0.3) is 5.91 Å². The van der Waals surface area contributed by atoms with E-state index in [9.17, 15) is 4.79 Å². The highest BCUT2D eigenvalue weighted by Crippen LogP contribution is 2.22. The van der Waals surface area contributed by atoms with E-state index in [-0.39, 0.29) is 5.91 Å². The number of aryl methyl sites for hydroxylation is 2. The Balaban J connectivity index is 1.70. The van der Waals surface area contributed by atoms with E-state index < -0.39 is 0 Å². The lowest BCUT2D eigenvalue weighted by atomic mass is 10.1. The number of methoxy groups -OCH3 is 1. The minimum absolute atomic E-state index is 0.164. The second-order valence-corrected chi connectivity index (χ2v) is 6.20. The summed E-state index contributed by atoms with van der Waals surface area (Å²) < 4.78 is 5.15. The Morgan fingerprint density at radius 3 is 2.48 bits per heavy atom. The van der Waals surface area contributed by atoms with Gasteiger partial charge in [0.2, 0.25) is 0 Å². The minimum atomic E-state index is -0.164. The van der Waals surface area contributed by atoms with Crippen LogP contribution in [0.25, 0.3) is 0 Å². The summed E-state index contributed by atoms with van der Waals surface area (Å²) in [7, 11) is 1.63. The molecule has 2 aromatic carbocycles. The van der Waals surface area contributed by atoms with Crippen LogP contribution in [0.1, 0.15) is 28.4 Å². The van der Waals surface area contributed by atoms with Crippen LogP contribution in [0, 0.1) is 6.92 Å². The minimum Gasteiger partial charge on any atom is -0.497 e. The van der Waals surface area contributed by atoms with Gasteiger partial charge in [0.15, 0.2) is 0 Å². The van der Waals surface area contributed by atoms with Crippen LogP contribution >= 0.6 is 0 Å². The van der Waals surface area contributed by atoms with Gasteiger partial charge in [0, 0.05) is 17.6 Å². The van der Waals surface area contributed by atoms with Crippen molar-refractivity contribution in [3.8, 4) is 5.75 Å². The number of benzene rings is 2. The van der Waals surface area contributed by atoms with E-state index in [1.54, 1.807) is 25.4 Å². The van der Waals surface area contributed by atoms with Crippen LogP contribution in [0.3, 0.4) is 0 Å². The molecule has 2 N–H and O–H groups in total. The zero-order valence-electron chi connectivity index (χ0n) is 15.7. The Morgan fingerprint density at radius 1 is 1.07 bits per heavy atom. The molecule has 0 aliphatic rings. The molecule has 1 amide bonds. The van der Waals surface area contributed by atoms with Gasteiger partial charge in [-0.3, -0.25) is 4.79 Å². The van der Waals surface area contributed by atoms with Crippen LogP contribution in [0.4, 0.5) is 17.2 Å². The molecule has 5 nitrogen and oxygen atoms in total. The van der Waals surface area contributed by atoms with Crippen molar-refractivity contribution in [1.82, 2.24) is 4.98 Å². The van der Waals surface area contributed by atoms with Crippen LogP contribution in [0.15, 0.2) is 60.8 Å². The first-order chi connectivity index (χ1) is 13.1. The molecule has 0 bridgehead atoms. The molecule has 1 aromatic heterocycles. The topological polar surface area (TPSA) is 63.2 Å². The fourth-order valence-electron chi connectivity index (χ4n) is 2.81. The smallest absolute Gasteiger partial charge is 0.257 e. The molecule has 3 rings (SSSR count). The van der Waals surface area contributed by atoms with Crippen molar-refractivity contribution in [2.24, 2.45) is 0 Å². The number of nitrogens with zero attached hydrogens (tertiary/aromatic N) is 1. The summed E-state index contributed by atoms with van der Waals surface area (Å²) in [5.74, 6) is 1.30. The van der Waals surface area contributed by atoms with Gasteiger partial charge in [-0.15, -0.1) is 0 Å². The maximum absolute atomic E-state index is 12.6. The standard InChI is InChI=1S/C22H23N3O2/c1-4-16-7-5-6-15(2)21(16)25-22(26)17-8-13-20(23-14-17)24-18-9-11-19(27-3)12-10-18/h5-14H,4H2,1-3H3,(H,23,24)(H,25,26). The molecule has 0 saturated heterocycles. The molecule has 1 heterocycles. The largest absolute Gasteiger partial charge is 0.497 e. The summed E-state index contributed by atoms with van der Waals surface area (Å²) in [6.45, 7) is 4.07. The molecule has 0 aliphatic carbocycles. The van der Waals surface area contributed by atoms with Gasteiger partial charge in [-0.2, -0.15) is 0 Å². The van der Waals surface area contributed by atoms with Crippen LogP contribution in [-0.2, 0) is 6.42 Å². The van der Waals surface area contributed by atoms with Crippen LogP contribution in [0.2, 0.25) is 0 Å². The molecule has 0 spiro atoms. The number of hydrogen-bond acceptors (Lipinski definition) is 4. The quantitative estimate of drug-likeness (QED) is 0.651. The predicted octanol–water partition coefficient (Wildman–Crippen LogP) is 4.96. The predicted molar refractivity (Wildman–Crippen MR) is 109 cm³/mol. The molecule has 138 valence electrons. The number of para-hydroxylation sites is 1. The second-order valence-electron chi connectivity index (χ2n) is 6.20. The third-order valence-corrected chi connectivity index (χ3v) is 4.37. The van der Waals surface area contributed by atoms with E-state index in [4.69, 9.17) is 4.74 Å². The molecular formula is C22H23N3O2. The summed E-state index contributed by atoms with van der Waals surface area (Å²) >= 11 is 0. The first-order valence-electron chi connectivity index (χ1n) is 8.87. The van der Waals surface area contributed by atoms with E-state index in [2.05, 4.69) is 22.5 Å². The number of pyridine rings is 1. The summed E-state index contributed by atoms with van der Waals surface area (Å²) in [5, 5.41) is 6.21. The van der Waals surface area contributed by atoms with Crippen LogP contribution in [0.5, 0.6) is 5.75 Å². The first-order valence-corrected chi connectivity index (χ1v) is 8.87. The molecule has 0 fully saturated rings. The van der Waals surface area contributed by atoms with Gasteiger partial charge < -0.3 is 15.4 Å². The lowest BCUT2D eigenvalue weighted by Crippen LogP contribution is -2.14. The van der Waals surface area contributed by atoms with Gasteiger partial charge in [0.05, 0.1) is 12.7 Å². The Kier molecular flexibility index (Phi) is 5.71.